The third-order valence-electron chi connectivity index (χ3n) is 3.72. The zero-order chi connectivity index (χ0) is 12.3. The summed E-state index contributed by atoms with van der Waals surface area (Å²) in [6.45, 7) is 10.3. The largest absolute Gasteiger partial charge is 0.466 e. The quantitative estimate of drug-likeness (QED) is 0.800. The first kappa shape index (κ1) is 12.7. The molecule has 1 fully saturated rings. The van der Waals surface area contributed by atoms with Crippen molar-refractivity contribution in [1.29, 1.82) is 0 Å². The van der Waals surface area contributed by atoms with Crippen LogP contribution in [-0.2, 0) is 0 Å². The number of hydrogen-bond donors (Lipinski definition) is 0. The SMILES string of the molecule is Cc1ccc([C@H](C)CCN2CCN(C)CC2)o1. The molecule has 1 saturated heterocycles. The smallest absolute Gasteiger partial charge is 0.107 e. The number of nitrogens with zero attached hydrogens (tertiary/aromatic N) is 2. The van der Waals surface area contributed by atoms with Crippen LogP contribution in [0.25, 0.3) is 0 Å². The number of furan rings is 1. The Hall–Kier alpha value is -0.800. The van der Waals surface area contributed by atoms with E-state index >= 15 is 0 Å². The summed E-state index contributed by atoms with van der Waals surface area (Å²) in [5, 5.41) is 0. The van der Waals surface area contributed by atoms with E-state index in [1.807, 2.05) is 6.92 Å². The number of hydrogen-bond acceptors (Lipinski definition) is 3. The van der Waals surface area contributed by atoms with Gasteiger partial charge in [0, 0.05) is 32.1 Å². The summed E-state index contributed by atoms with van der Waals surface area (Å²) < 4.78 is 5.68. The van der Waals surface area contributed by atoms with Crippen molar-refractivity contribution in [3.63, 3.8) is 0 Å². The molecule has 2 heterocycles. The van der Waals surface area contributed by atoms with Gasteiger partial charge in [0.15, 0.2) is 0 Å². The molecule has 0 radical (unpaired) electrons. The summed E-state index contributed by atoms with van der Waals surface area (Å²) in [5.41, 5.74) is 0. The summed E-state index contributed by atoms with van der Waals surface area (Å²) in [6, 6.07) is 4.17. The van der Waals surface area contributed by atoms with Crippen molar-refractivity contribution >= 4 is 0 Å². The lowest BCUT2D eigenvalue weighted by Gasteiger charge is -2.32. The van der Waals surface area contributed by atoms with Crippen LogP contribution in [0.5, 0.6) is 0 Å². The summed E-state index contributed by atoms with van der Waals surface area (Å²) in [7, 11) is 2.20. The average Bonchev–Trinajstić information content (AvgIpc) is 2.75. The van der Waals surface area contributed by atoms with E-state index in [0.717, 1.165) is 11.5 Å². The summed E-state index contributed by atoms with van der Waals surface area (Å²) in [6.07, 6.45) is 1.19. The van der Waals surface area contributed by atoms with Crippen LogP contribution in [0.4, 0.5) is 0 Å². The minimum atomic E-state index is 0.531. The van der Waals surface area contributed by atoms with Crippen LogP contribution in [-0.4, -0.2) is 49.6 Å². The molecule has 3 heteroatoms. The first-order valence-corrected chi connectivity index (χ1v) is 6.62. The van der Waals surface area contributed by atoms with Crippen molar-refractivity contribution in [2.24, 2.45) is 0 Å². The van der Waals surface area contributed by atoms with Crippen molar-refractivity contribution in [1.82, 2.24) is 9.80 Å². The highest BCUT2D eigenvalue weighted by Gasteiger charge is 2.16. The van der Waals surface area contributed by atoms with Crippen LogP contribution >= 0.6 is 0 Å². The molecule has 0 spiro atoms. The van der Waals surface area contributed by atoms with E-state index < -0.39 is 0 Å². The topological polar surface area (TPSA) is 19.6 Å². The Labute approximate surface area is 104 Å². The second-order valence-electron chi connectivity index (χ2n) is 5.28. The van der Waals surface area contributed by atoms with Gasteiger partial charge >= 0.3 is 0 Å². The Morgan fingerprint density at radius 2 is 1.94 bits per heavy atom. The fraction of sp³-hybridized carbons (Fsp3) is 0.714. The van der Waals surface area contributed by atoms with Crippen LogP contribution in [0.15, 0.2) is 16.5 Å². The molecule has 0 amide bonds. The molecule has 0 N–H and O–H groups in total. The standard InChI is InChI=1S/C14H24N2O/c1-12(14-5-4-13(2)17-14)6-7-16-10-8-15(3)9-11-16/h4-5,12H,6-11H2,1-3H3/t12-/m1/s1. The fourth-order valence-corrected chi connectivity index (χ4v) is 2.31. The minimum absolute atomic E-state index is 0.531. The molecule has 1 aromatic heterocycles. The van der Waals surface area contributed by atoms with Crippen LogP contribution < -0.4 is 0 Å². The van der Waals surface area contributed by atoms with Gasteiger partial charge in [-0.1, -0.05) is 6.92 Å². The second-order valence-corrected chi connectivity index (χ2v) is 5.28. The van der Waals surface area contributed by atoms with E-state index in [1.54, 1.807) is 0 Å². The molecule has 1 atom stereocenters. The highest BCUT2D eigenvalue weighted by Crippen LogP contribution is 2.21. The second kappa shape index (κ2) is 5.69. The molecular weight excluding hydrogens is 212 g/mol. The first-order valence-electron chi connectivity index (χ1n) is 6.62. The van der Waals surface area contributed by atoms with E-state index in [2.05, 4.69) is 35.9 Å². The van der Waals surface area contributed by atoms with Crippen molar-refractivity contribution in [2.75, 3.05) is 39.8 Å². The molecule has 0 aromatic carbocycles. The molecule has 0 unspecified atom stereocenters. The predicted molar refractivity (Wildman–Crippen MR) is 70.4 cm³/mol. The zero-order valence-corrected chi connectivity index (χ0v) is 11.3. The van der Waals surface area contributed by atoms with Crippen LogP contribution in [0.2, 0.25) is 0 Å². The molecule has 0 bridgehead atoms. The van der Waals surface area contributed by atoms with Crippen molar-refractivity contribution < 1.29 is 4.42 Å². The van der Waals surface area contributed by atoms with E-state index in [4.69, 9.17) is 4.42 Å². The van der Waals surface area contributed by atoms with Gasteiger partial charge in [-0.3, -0.25) is 0 Å². The van der Waals surface area contributed by atoms with Crippen molar-refractivity contribution in [3.8, 4) is 0 Å². The van der Waals surface area contributed by atoms with Gasteiger partial charge in [0.2, 0.25) is 0 Å². The molecule has 17 heavy (non-hydrogen) atoms. The van der Waals surface area contributed by atoms with Crippen LogP contribution in [0.1, 0.15) is 30.8 Å². The van der Waals surface area contributed by atoms with E-state index in [-0.39, 0.29) is 0 Å². The van der Waals surface area contributed by atoms with Gasteiger partial charge in [0.1, 0.15) is 11.5 Å². The van der Waals surface area contributed by atoms with Crippen LogP contribution in [0, 0.1) is 6.92 Å². The number of piperazine rings is 1. The van der Waals surface area contributed by atoms with E-state index in [9.17, 15) is 0 Å². The minimum Gasteiger partial charge on any atom is -0.466 e. The monoisotopic (exact) mass is 236 g/mol. The lowest BCUT2D eigenvalue weighted by molar-refractivity contribution is 0.150. The summed E-state index contributed by atoms with van der Waals surface area (Å²) >= 11 is 0. The average molecular weight is 236 g/mol. The predicted octanol–water partition coefficient (Wildman–Crippen LogP) is 2.33. The first-order chi connectivity index (χ1) is 8.15. The van der Waals surface area contributed by atoms with E-state index in [0.29, 0.717) is 5.92 Å². The Bertz CT molecular complexity index is 340. The molecule has 1 aliphatic heterocycles. The summed E-state index contributed by atoms with van der Waals surface area (Å²) in [4.78, 5) is 4.96. The Morgan fingerprint density at radius 1 is 1.24 bits per heavy atom. The molecule has 1 aliphatic rings. The van der Waals surface area contributed by atoms with Gasteiger partial charge in [0.25, 0.3) is 0 Å². The Balaban J connectivity index is 1.74. The van der Waals surface area contributed by atoms with Crippen molar-refractivity contribution in [3.05, 3.63) is 23.7 Å². The van der Waals surface area contributed by atoms with Gasteiger partial charge in [0.05, 0.1) is 0 Å². The summed E-state index contributed by atoms with van der Waals surface area (Å²) in [5.74, 6) is 2.69. The lowest BCUT2D eigenvalue weighted by Crippen LogP contribution is -2.44. The zero-order valence-electron chi connectivity index (χ0n) is 11.3. The molecule has 0 saturated carbocycles. The van der Waals surface area contributed by atoms with E-state index in [1.165, 1.54) is 39.1 Å². The molecule has 0 aliphatic carbocycles. The van der Waals surface area contributed by atoms with Gasteiger partial charge in [-0.25, -0.2) is 0 Å². The Morgan fingerprint density at radius 3 is 2.53 bits per heavy atom. The van der Waals surface area contributed by atoms with Gasteiger partial charge in [-0.05, 0) is 39.1 Å². The normalized spacial score (nSPS) is 20.6. The van der Waals surface area contributed by atoms with Gasteiger partial charge in [-0.2, -0.15) is 0 Å². The third kappa shape index (κ3) is 3.58. The maximum Gasteiger partial charge on any atom is 0.107 e. The third-order valence-corrected chi connectivity index (χ3v) is 3.72. The molecule has 96 valence electrons. The van der Waals surface area contributed by atoms with Crippen molar-refractivity contribution in [2.45, 2.75) is 26.2 Å². The maximum atomic E-state index is 5.68. The molecular formula is C14H24N2O. The fourth-order valence-electron chi connectivity index (χ4n) is 2.31. The highest BCUT2D eigenvalue weighted by atomic mass is 16.3. The Kier molecular flexibility index (Phi) is 4.24. The number of rotatable bonds is 4. The highest BCUT2D eigenvalue weighted by molar-refractivity contribution is 5.09. The lowest BCUT2D eigenvalue weighted by atomic mass is 10.0. The molecule has 1 aromatic rings. The van der Waals surface area contributed by atoms with Crippen LogP contribution in [0.3, 0.4) is 0 Å². The van der Waals surface area contributed by atoms with Gasteiger partial charge in [-0.15, -0.1) is 0 Å². The number of likely N-dealkylation sites (N-methyl/N-ethyl adjacent to an activating group) is 1. The van der Waals surface area contributed by atoms with Gasteiger partial charge < -0.3 is 14.2 Å². The number of aryl methyl sites for hydroxylation is 1. The maximum absolute atomic E-state index is 5.68. The molecule has 2 rings (SSSR count). The molecule has 3 nitrogen and oxygen atoms in total.